The summed E-state index contributed by atoms with van der Waals surface area (Å²) in [6, 6.07) is 18.6. The first-order valence-electron chi connectivity index (χ1n) is 18.2. The van der Waals surface area contributed by atoms with Crippen molar-refractivity contribution >= 4 is 43.8 Å². The fraction of sp³-hybridized carbons (Fsp3) is 0.439. The number of anilines is 1. The van der Waals surface area contributed by atoms with Crippen LogP contribution < -0.4 is 15.4 Å². The molecule has 0 radical (unpaired) electrons. The summed E-state index contributed by atoms with van der Waals surface area (Å²) in [7, 11) is 6.64. The first-order valence-corrected chi connectivity index (χ1v) is 20.6. The lowest BCUT2D eigenvalue weighted by molar-refractivity contribution is -0.127. The van der Waals surface area contributed by atoms with E-state index in [1.807, 2.05) is 36.4 Å². The molecule has 1 saturated heterocycles. The highest BCUT2D eigenvalue weighted by Gasteiger charge is 2.34. The minimum Gasteiger partial charge on any atom is -0.508 e. The summed E-state index contributed by atoms with van der Waals surface area (Å²) in [6.45, 7) is 1.82. The first kappa shape index (κ1) is 39.2. The lowest BCUT2D eigenvalue weighted by Gasteiger charge is -2.32. The van der Waals surface area contributed by atoms with Crippen molar-refractivity contribution < 1.29 is 39.8 Å². The molecule has 2 aliphatic rings. The Morgan fingerprint density at radius 3 is 2.58 bits per heavy atom. The number of hydrogen-bond acceptors (Lipinski definition) is 12. The summed E-state index contributed by atoms with van der Waals surface area (Å²) >= 11 is 0. The molecule has 4 aromatic rings. The second-order valence-corrected chi connectivity index (χ2v) is 16.7. The van der Waals surface area contributed by atoms with E-state index in [-0.39, 0.29) is 47.9 Å². The molecule has 1 aliphatic heterocycles. The van der Waals surface area contributed by atoms with Crippen LogP contribution in [-0.2, 0) is 22.6 Å². The number of Topliss-reactive ketones (excluding diaryl/α,β-unsaturated/α-hetero) is 1. The number of aliphatic hydroxyl groups excluding tert-OH is 3. The van der Waals surface area contributed by atoms with Crippen LogP contribution in [0.1, 0.15) is 72.8 Å². The highest BCUT2D eigenvalue weighted by atomic mass is 33.1. The van der Waals surface area contributed by atoms with Crippen molar-refractivity contribution in [3.05, 3.63) is 82.9 Å². The molecule has 0 unspecified atom stereocenters. The molecule has 6 rings (SSSR count). The van der Waals surface area contributed by atoms with Crippen molar-refractivity contribution in [3.8, 4) is 28.4 Å². The van der Waals surface area contributed by atoms with Gasteiger partial charge in [-0.25, -0.2) is 0 Å². The maximum Gasteiger partial charge on any atom is 0.168 e. The van der Waals surface area contributed by atoms with Gasteiger partial charge in [-0.3, -0.25) is 10.1 Å². The van der Waals surface area contributed by atoms with Crippen LogP contribution in [0.4, 0.5) is 5.69 Å². The van der Waals surface area contributed by atoms with Crippen LogP contribution in [0, 0.1) is 5.92 Å². The molecule has 2 bridgehead atoms. The van der Waals surface area contributed by atoms with E-state index < -0.39 is 24.5 Å². The van der Waals surface area contributed by atoms with Crippen LogP contribution in [-0.4, -0.2) is 76.1 Å². The number of hydrogen-bond donors (Lipinski definition) is 7. The van der Waals surface area contributed by atoms with Crippen LogP contribution in [0.2, 0.25) is 0 Å². The van der Waals surface area contributed by atoms with Crippen molar-refractivity contribution in [2.75, 3.05) is 31.8 Å². The first-order chi connectivity index (χ1) is 25.6. The van der Waals surface area contributed by atoms with Gasteiger partial charge in [-0.15, -0.1) is 0 Å². The predicted molar refractivity (Wildman–Crippen MR) is 213 cm³/mol. The molecule has 1 fully saturated rings. The van der Waals surface area contributed by atoms with Crippen LogP contribution in [0.15, 0.2) is 60.7 Å². The number of aliphatic hydroxyl groups is 3. The van der Waals surface area contributed by atoms with Crippen molar-refractivity contribution in [1.29, 1.82) is 0 Å². The zero-order valence-corrected chi connectivity index (χ0v) is 32.0. The minimum absolute atomic E-state index is 0.00576. The third-order valence-corrected chi connectivity index (χ3v) is 13.1. The number of rotatable bonds is 9. The second-order valence-electron chi connectivity index (χ2n) is 14.1. The van der Waals surface area contributed by atoms with Gasteiger partial charge in [0.15, 0.2) is 11.5 Å². The smallest absolute Gasteiger partial charge is 0.168 e. The van der Waals surface area contributed by atoms with Gasteiger partial charge < -0.3 is 40.3 Å². The number of carbonyl (C=O) groups is 1. The lowest BCUT2D eigenvalue weighted by atomic mass is 9.85. The maximum atomic E-state index is 14.0. The number of phenols is 2. The molecule has 12 heteroatoms. The van der Waals surface area contributed by atoms with Crippen molar-refractivity contribution in [2.24, 2.45) is 5.92 Å². The Morgan fingerprint density at radius 1 is 1.02 bits per heavy atom. The van der Waals surface area contributed by atoms with Gasteiger partial charge in [0.25, 0.3) is 0 Å². The molecule has 0 aromatic heterocycles. The van der Waals surface area contributed by atoms with Gasteiger partial charge in [0.2, 0.25) is 0 Å². The topological polar surface area (TPSA) is 161 Å². The Balaban J connectivity index is 1.44. The zero-order valence-electron chi connectivity index (χ0n) is 30.4. The van der Waals surface area contributed by atoms with E-state index >= 15 is 0 Å². The molecule has 10 nitrogen and oxygen atoms in total. The van der Waals surface area contributed by atoms with Gasteiger partial charge in [-0.2, -0.15) is 0 Å². The number of aryl methyl sites for hydroxylation is 1. The molecule has 0 amide bonds. The normalized spacial score (nSPS) is 22.2. The Morgan fingerprint density at radius 2 is 1.83 bits per heavy atom. The highest BCUT2D eigenvalue weighted by molar-refractivity contribution is 8.76. The number of carbonyl (C=O) groups excluding carboxylic acids is 1. The lowest BCUT2D eigenvalue weighted by Crippen LogP contribution is -2.35. The Labute approximate surface area is 318 Å². The second kappa shape index (κ2) is 17.8. The Bertz CT molecular complexity index is 1910. The number of nitrogens with one attached hydrogen (secondary N) is 2. The van der Waals surface area contributed by atoms with Gasteiger partial charge in [-0.05, 0) is 109 Å². The average molecular weight is 763 g/mol. The molecule has 0 spiro atoms. The van der Waals surface area contributed by atoms with Gasteiger partial charge in [0, 0.05) is 47.2 Å². The van der Waals surface area contributed by atoms with E-state index in [4.69, 9.17) is 9.47 Å². The molecule has 284 valence electrons. The fourth-order valence-corrected chi connectivity index (χ4v) is 10.5. The Hall–Kier alpha value is -3.49. The minimum atomic E-state index is -0.618. The molecular formula is C41H50N2O8S2. The van der Waals surface area contributed by atoms with E-state index in [0.29, 0.717) is 49.3 Å². The van der Waals surface area contributed by atoms with E-state index in [9.17, 15) is 30.3 Å². The molecule has 6 atom stereocenters. The third kappa shape index (κ3) is 9.08. The molecule has 1 heterocycles. The standard InChI is InChI=1S/C41H50N2O8S2/c1-23(45)20-43-34-13-7-27(16-28(34)21-44)41(42-2)51-36-19-30(47)11-5-25-8-14-35(49)40(50-3)38(25)32-12-6-24-4-10-29(46)18-33(24)39(32)37-15-9-26(36)17-31(48)22-52-53-37/h4,6-8,10,12-14,16,18,23,26,31,36-37,41-46,48-49H,5,9,11,15,17,19-22H2,1-3H3/t23-,26-,31+,36-,37-,41+/m0/s1. The Kier molecular flexibility index (Phi) is 13.1. The fourth-order valence-electron chi connectivity index (χ4n) is 7.65. The number of ether oxygens (including phenoxy) is 2. The summed E-state index contributed by atoms with van der Waals surface area (Å²) < 4.78 is 12.7. The molecule has 7 N–H and O–H groups in total. The summed E-state index contributed by atoms with van der Waals surface area (Å²) in [5, 5.41) is 61.3. The number of aromatic hydroxyl groups is 2. The summed E-state index contributed by atoms with van der Waals surface area (Å²) in [6.07, 6.45) is 0.299. The largest absolute Gasteiger partial charge is 0.508 e. The average Bonchev–Trinajstić information content (AvgIpc) is 3.24. The summed E-state index contributed by atoms with van der Waals surface area (Å²) in [5.74, 6) is 0.844. The van der Waals surface area contributed by atoms with Crippen molar-refractivity contribution in [1.82, 2.24) is 5.32 Å². The van der Waals surface area contributed by atoms with E-state index in [2.05, 4.69) is 16.7 Å². The van der Waals surface area contributed by atoms with E-state index in [0.717, 1.165) is 44.3 Å². The third-order valence-electron chi connectivity index (χ3n) is 10.3. The predicted octanol–water partition coefficient (Wildman–Crippen LogP) is 7.00. The van der Waals surface area contributed by atoms with Crippen molar-refractivity contribution in [2.45, 2.75) is 81.8 Å². The maximum absolute atomic E-state index is 14.0. The van der Waals surface area contributed by atoms with Crippen LogP contribution in [0.25, 0.3) is 21.9 Å². The van der Waals surface area contributed by atoms with Gasteiger partial charge in [0.05, 0.1) is 32.0 Å². The zero-order chi connectivity index (χ0) is 37.6. The quantitative estimate of drug-likeness (QED) is 0.0692. The SMILES string of the molecule is CN[C@H](O[C@H]1CC(=O)CCc2ccc(O)c(OC)c2-c2ccc3ccc(O)cc3c2[C@@H]2CC[C@H]1C[C@@H](O)CSS2)c1ccc(NC[C@H](C)O)c(CO)c1. The van der Waals surface area contributed by atoms with E-state index in [1.165, 1.54) is 7.11 Å². The molecule has 4 aromatic carbocycles. The van der Waals surface area contributed by atoms with Crippen LogP contribution in [0.5, 0.6) is 17.2 Å². The van der Waals surface area contributed by atoms with Crippen LogP contribution in [0.3, 0.4) is 0 Å². The van der Waals surface area contributed by atoms with Gasteiger partial charge in [-0.1, -0.05) is 51.9 Å². The van der Waals surface area contributed by atoms with Crippen molar-refractivity contribution in [3.63, 3.8) is 0 Å². The molecule has 0 saturated carbocycles. The molecule has 1 aliphatic carbocycles. The summed E-state index contributed by atoms with van der Waals surface area (Å²) in [5.41, 5.74) is 5.64. The number of benzene rings is 4. The highest BCUT2D eigenvalue weighted by Crippen LogP contribution is 2.53. The number of methoxy groups -OCH3 is 1. The molecular weight excluding hydrogens is 713 g/mol. The molecule has 53 heavy (non-hydrogen) atoms. The van der Waals surface area contributed by atoms with E-state index in [1.54, 1.807) is 53.8 Å². The monoisotopic (exact) mass is 762 g/mol. The number of ketones is 1. The van der Waals surface area contributed by atoms with Gasteiger partial charge in [0.1, 0.15) is 17.8 Å². The number of fused-ring (bicyclic) bond motifs is 9. The van der Waals surface area contributed by atoms with Gasteiger partial charge >= 0.3 is 0 Å². The summed E-state index contributed by atoms with van der Waals surface area (Å²) in [4.78, 5) is 14.0. The van der Waals surface area contributed by atoms with Crippen LogP contribution >= 0.6 is 21.6 Å². The number of phenolic OH excluding ortho intramolecular Hbond substituents is 2.